The predicted molar refractivity (Wildman–Crippen MR) is 70.6 cm³/mol. The van der Waals surface area contributed by atoms with E-state index in [1.54, 1.807) is 0 Å². The molecule has 0 unspecified atom stereocenters. The van der Waals surface area contributed by atoms with E-state index in [2.05, 4.69) is 25.3 Å². The van der Waals surface area contributed by atoms with E-state index in [0.29, 0.717) is 5.69 Å². The molecule has 0 spiro atoms. The number of nitrogens with zero attached hydrogens (tertiary/aromatic N) is 3. The van der Waals surface area contributed by atoms with E-state index in [1.165, 1.54) is 12.1 Å². The Balaban J connectivity index is 2.25. The molecule has 0 bridgehead atoms. The van der Waals surface area contributed by atoms with Gasteiger partial charge in [0.15, 0.2) is 11.5 Å². The van der Waals surface area contributed by atoms with Crippen LogP contribution in [0.1, 0.15) is 5.69 Å². The Morgan fingerprint density at radius 2 is 2.25 bits per heavy atom. The molecule has 2 rings (SSSR count). The minimum atomic E-state index is -0.586. The van der Waals surface area contributed by atoms with Crippen molar-refractivity contribution >= 4 is 28.9 Å². The molecule has 0 aliphatic carbocycles. The minimum Gasteiger partial charge on any atom is -0.382 e. The van der Waals surface area contributed by atoms with Crippen LogP contribution in [-0.2, 0) is 0 Å². The van der Waals surface area contributed by atoms with E-state index in [0.717, 1.165) is 6.07 Å². The van der Waals surface area contributed by atoms with Gasteiger partial charge in [-0.1, -0.05) is 11.6 Å². The van der Waals surface area contributed by atoms with Gasteiger partial charge >= 0.3 is 0 Å². The van der Waals surface area contributed by atoms with Crippen molar-refractivity contribution in [3.05, 3.63) is 34.7 Å². The maximum absolute atomic E-state index is 13.0. The lowest BCUT2D eigenvalue weighted by atomic mass is 10.3. The minimum absolute atomic E-state index is 0.0183. The lowest BCUT2D eigenvalue weighted by molar-refractivity contribution is 0.307. The monoisotopic (exact) mass is 301 g/mol. The number of benzene rings is 1. The highest BCUT2D eigenvalue weighted by molar-refractivity contribution is 6.31. The number of halogens is 3. The summed E-state index contributed by atoms with van der Waals surface area (Å²) < 4.78 is 29.6. The summed E-state index contributed by atoms with van der Waals surface area (Å²) in [4.78, 5) is 4.02. The summed E-state index contributed by atoms with van der Waals surface area (Å²) in [5.41, 5.74) is 6.23. The molecule has 9 heteroatoms. The Morgan fingerprint density at radius 1 is 1.45 bits per heavy atom. The molecule has 1 aromatic heterocycles. The fourth-order valence-electron chi connectivity index (χ4n) is 1.38. The number of nitrogens with two attached hydrogens (primary N) is 1. The van der Waals surface area contributed by atoms with Crippen LogP contribution in [0, 0.1) is 5.82 Å². The summed E-state index contributed by atoms with van der Waals surface area (Å²) in [6.07, 6.45) is 0. The Hall–Kier alpha value is -2.22. The second-order valence-corrected chi connectivity index (χ2v) is 4.08. The number of alkyl halides is 1. The molecular formula is C11H10ClF2N5O. The lowest BCUT2D eigenvalue weighted by Crippen LogP contribution is -2.16. The number of aliphatic imine (C=N–C) groups is 1. The van der Waals surface area contributed by atoms with Gasteiger partial charge in [-0.3, -0.25) is 0 Å². The van der Waals surface area contributed by atoms with Crippen LogP contribution in [0.2, 0.25) is 5.02 Å². The smallest absolute Gasteiger partial charge is 0.202 e. The number of hydrogen-bond donors (Lipinski definition) is 2. The average molecular weight is 302 g/mol. The van der Waals surface area contributed by atoms with Crippen LogP contribution in [0.25, 0.3) is 0 Å². The molecule has 0 saturated carbocycles. The van der Waals surface area contributed by atoms with Gasteiger partial charge < -0.3 is 11.1 Å². The van der Waals surface area contributed by atoms with Crippen molar-refractivity contribution in [1.29, 1.82) is 0 Å². The Labute approximate surface area is 117 Å². The maximum atomic E-state index is 13.0. The molecule has 20 heavy (non-hydrogen) atoms. The van der Waals surface area contributed by atoms with Crippen molar-refractivity contribution in [3.8, 4) is 0 Å². The summed E-state index contributed by atoms with van der Waals surface area (Å²) in [7, 11) is 0. The van der Waals surface area contributed by atoms with Gasteiger partial charge in [0.1, 0.15) is 12.5 Å². The van der Waals surface area contributed by atoms with Gasteiger partial charge in [0.2, 0.25) is 5.82 Å². The Kier molecular flexibility index (Phi) is 4.46. The van der Waals surface area contributed by atoms with Crippen molar-refractivity contribution in [1.82, 2.24) is 10.3 Å². The summed E-state index contributed by atoms with van der Waals surface area (Å²) in [6, 6.07) is 3.87. The van der Waals surface area contributed by atoms with E-state index < -0.39 is 12.5 Å². The summed E-state index contributed by atoms with van der Waals surface area (Å²) >= 11 is 5.64. The van der Waals surface area contributed by atoms with E-state index in [-0.39, 0.29) is 28.9 Å². The van der Waals surface area contributed by atoms with Gasteiger partial charge in [-0.25, -0.2) is 18.4 Å². The van der Waals surface area contributed by atoms with Gasteiger partial charge in [-0.05, 0) is 28.5 Å². The first-order chi connectivity index (χ1) is 9.61. The van der Waals surface area contributed by atoms with E-state index in [4.69, 9.17) is 17.3 Å². The number of hydrogen-bond acceptors (Lipinski definition) is 5. The van der Waals surface area contributed by atoms with Crippen LogP contribution in [-0.4, -0.2) is 29.4 Å². The zero-order valence-electron chi connectivity index (χ0n) is 10.1. The first-order valence-corrected chi connectivity index (χ1v) is 5.91. The zero-order valence-corrected chi connectivity index (χ0v) is 10.9. The van der Waals surface area contributed by atoms with Crippen LogP contribution < -0.4 is 11.1 Å². The van der Waals surface area contributed by atoms with Gasteiger partial charge in [0.25, 0.3) is 0 Å². The third kappa shape index (κ3) is 3.21. The van der Waals surface area contributed by atoms with Gasteiger partial charge in [-0.15, -0.1) is 0 Å². The largest absolute Gasteiger partial charge is 0.382 e. The molecule has 0 aliphatic rings. The molecule has 1 heterocycles. The van der Waals surface area contributed by atoms with E-state index >= 15 is 0 Å². The summed E-state index contributed by atoms with van der Waals surface area (Å²) in [6.45, 7) is -0.548. The van der Waals surface area contributed by atoms with Gasteiger partial charge in [0, 0.05) is 6.54 Å². The molecule has 0 saturated heterocycles. The average Bonchev–Trinajstić information content (AvgIpc) is 2.89. The number of rotatable bonds is 5. The highest BCUT2D eigenvalue weighted by atomic mass is 35.5. The number of aromatic nitrogens is 2. The molecule has 0 radical (unpaired) electrons. The standard InChI is InChI=1S/C11H10ClF2N5O/c12-7-5-6(1-2-8(7)14)17-10(15)9-11(16-4-3-13)19-20-18-9/h1-2,5H,3-4H2,(H2,15,17)(H,16,19). The third-order valence-corrected chi connectivity index (χ3v) is 2.56. The zero-order chi connectivity index (χ0) is 14.5. The van der Waals surface area contributed by atoms with Crippen molar-refractivity contribution < 1.29 is 13.4 Å². The Bertz CT molecular complexity index is 631. The van der Waals surface area contributed by atoms with Crippen LogP contribution in [0.5, 0.6) is 0 Å². The second kappa shape index (κ2) is 6.29. The van der Waals surface area contributed by atoms with Crippen LogP contribution in [0.4, 0.5) is 20.3 Å². The van der Waals surface area contributed by atoms with Gasteiger partial charge in [0.05, 0.1) is 10.7 Å². The van der Waals surface area contributed by atoms with Crippen molar-refractivity contribution in [2.45, 2.75) is 0 Å². The third-order valence-electron chi connectivity index (χ3n) is 2.27. The van der Waals surface area contributed by atoms with Crippen LogP contribution in [0.3, 0.4) is 0 Å². The molecule has 2 aromatic rings. The maximum Gasteiger partial charge on any atom is 0.202 e. The molecule has 1 aromatic carbocycles. The first-order valence-electron chi connectivity index (χ1n) is 5.54. The van der Waals surface area contributed by atoms with Crippen molar-refractivity contribution in [2.24, 2.45) is 10.7 Å². The van der Waals surface area contributed by atoms with E-state index in [9.17, 15) is 8.78 Å². The Morgan fingerprint density at radius 3 is 2.95 bits per heavy atom. The van der Waals surface area contributed by atoms with Crippen LogP contribution >= 0.6 is 11.6 Å². The summed E-state index contributed by atoms with van der Waals surface area (Å²) in [5.74, 6) is -0.398. The fraction of sp³-hybridized carbons (Fsp3) is 0.182. The first kappa shape index (κ1) is 14.2. The molecule has 6 nitrogen and oxygen atoms in total. The molecule has 0 fully saturated rings. The van der Waals surface area contributed by atoms with E-state index in [1.807, 2.05) is 0 Å². The highest BCUT2D eigenvalue weighted by Gasteiger charge is 2.13. The van der Waals surface area contributed by atoms with Gasteiger partial charge in [-0.2, -0.15) is 0 Å². The van der Waals surface area contributed by atoms with Crippen molar-refractivity contribution in [3.63, 3.8) is 0 Å². The highest BCUT2D eigenvalue weighted by Crippen LogP contribution is 2.22. The number of nitrogens with one attached hydrogen (secondary N) is 1. The molecule has 106 valence electrons. The number of anilines is 1. The normalized spacial score (nSPS) is 11.7. The lowest BCUT2D eigenvalue weighted by Gasteiger charge is -2.01. The SMILES string of the molecule is NC(=Nc1ccc(F)c(Cl)c1)c1nonc1NCCF. The topological polar surface area (TPSA) is 89.3 Å². The molecular weight excluding hydrogens is 292 g/mol. The fourth-order valence-corrected chi connectivity index (χ4v) is 1.56. The predicted octanol–water partition coefficient (Wildman–Crippen LogP) is 2.28. The summed E-state index contributed by atoms with van der Waals surface area (Å²) in [5, 5.41) is 9.67. The molecule has 3 N–H and O–H groups in total. The molecule has 0 amide bonds. The second-order valence-electron chi connectivity index (χ2n) is 3.67. The quantitative estimate of drug-likeness (QED) is 0.653. The molecule has 0 aliphatic heterocycles. The molecule has 0 atom stereocenters. The van der Waals surface area contributed by atoms with Crippen molar-refractivity contribution in [2.75, 3.05) is 18.5 Å². The number of amidine groups is 1. The van der Waals surface area contributed by atoms with Crippen LogP contribution in [0.15, 0.2) is 27.8 Å².